The number of aromatic hydroxyl groups is 2. The standard InChI is InChI=1S/C29H24F2N4O7/c1-12-25(39)23(14(3)36)27-24(26(12)40)29(4)21(42-27)8-19(37)22(28(29)41)13(2)32-9-16-10-35(34-33-16)11-20(38)15-5-6-17(30)18(31)7-15/h5-8,10,32,39-40H,9,11H2,1-4H3/b22-13+. The van der Waals surface area contributed by atoms with Gasteiger partial charge in [0.25, 0.3) is 0 Å². The second kappa shape index (κ2) is 10.0. The molecule has 11 nitrogen and oxygen atoms in total. The van der Waals surface area contributed by atoms with Crippen molar-refractivity contribution in [3.63, 3.8) is 0 Å². The fourth-order valence-electron chi connectivity index (χ4n) is 5.08. The van der Waals surface area contributed by atoms with E-state index in [1.54, 1.807) is 0 Å². The number of halogens is 2. The van der Waals surface area contributed by atoms with Crippen molar-refractivity contribution in [2.75, 3.05) is 0 Å². The van der Waals surface area contributed by atoms with Crippen molar-refractivity contribution in [3.8, 4) is 17.2 Å². The summed E-state index contributed by atoms with van der Waals surface area (Å²) >= 11 is 0. The van der Waals surface area contributed by atoms with Gasteiger partial charge in [0.15, 0.2) is 34.8 Å². The van der Waals surface area contributed by atoms with Crippen LogP contribution >= 0.6 is 0 Å². The summed E-state index contributed by atoms with van der Waals surface area (Å²) in [5.41, 5.74) is -1.62. The Morgan fingerprint density at radius 2 is 1.83 bits per heavy atom. The lowest BCUT2D eigenvalue weighted by atomic mass is 9.70. The number of carbonyl (C=O) groups excluding carboxylic acids is 4. The highest BCUT2D eigenvalue weighted by atomic mass is 19.2. The van der Waals surface area contributed by atoms with Gasteiger partial charge in [-0.25, -0.2) is 13.5 Å². The van der Waals surface area contributed by atoms with Crippen LogP contribution in [0.2, 0.25) is 0 Å². The van der Waals surface area contributed by atoms with Gasteiger partial charge < -0.3 is 20.3 Å². The lowest BCUT2D eigenvalue weighted by molar-refractivity contribution is -0.123. The number of hydrogen-bond acceptors (Lipinski definition) is 10. The topological polar surface area (TPSA) is 161 Å². The average Bonchev–Trinajstić information content (AvgIpc) is 3.49. The number of nitrogens with one attached hydrogen (secondary N) is 1. The summed E-state index contributed by atoms with van der Waals surface area (Å²) in [5, 5.41) is 32.1. The minimum atomic E-state index is -1.66. The van der Waals surface area contributed by atoms with E-state index in [1.165, 1.54) is 38.6 Å². The fraction of sp³-hybridized carbons (Fsp3) is 0.241. The van der Waals surface area contributed by atoms with E-state index < -0.39 is 51.7 Å². The molecule has 216 valence electrons. The van der Waals surface area contributed by atoms with Gasteiger partial charge in [0, 0.05) is 22.9 Å². The predicted octanol–water partition coefficient (Wildman–Crippen LogP) is 3.11. The molecule has 1 aliphatic heterocycles. The summed E-state index contributed by atoms with van der Waals surface area (Å²) in [6.45, 7) is 5.27. The normalized spacial score (nSPS) is 18.7. The Bertz CT molecular complexity index is 1810. The number of nitrogens with zero attached hydrogens (tertiary/aromatic N) is 3. The first kappa shape index (κ1) is 28.3. The highest BCUT2D eigenvalue weighted by Gasteiger charge is 2.56. The van der Waals surface area contributed by atoms with Crippen LogP contribution in [0.3, 0.4) is 0 Å². The van der Waals surface area contributed by atoms with Crippen molar-refractivity contribution in [2.45, 2.75) is 46.2 Å². The predicted molar refractivity (Wildman–Crippen MR) is 141 cm³/mol. The maximum absolute atomic E-state index is 13.9. The number of aromatic nitrogens is 3. The molecule has 0 bridgehead atoms. The van der Waals surface area contributed by atoms with E-state index >= 15 is 0 Å². The second-order valence-corrected chi connectivity index (χ2v) is 10.2. The first-order valence-electron chi connectivity index (χ1n) is 12.7. The van der Waals surface area contributed by atoms with Crippen molar-refractivity contribution < 1.29 is 42.9 Å². The molecule has 0 amide bonds. The number of rotatable bonds is 7. The Hall–Kier alpha value is -5.20. The molecule has 0 spiro atoms. The van der Waals surface area contributed by atoms with Gasteiger partial charge in [0.05, 0.1) is 23.9 Å². The maximum atomic E-state index is 13.9. The number of benzene rings is 2. The molecule has 3 aromatic rings. The first-order chi connectivity index (χ1) is 19.7. The molecule has 0 saturated carbocycles. The van der Waals surface area contributed by atoms with Crippen LogP contribution in [0.4, 0.5) is 8.78 Å². The molecule has 3 N–H and O–H groups in total. The molecule has 1 aliphatic carbocycles. The number of allylic oxidation sites excluding steroid dienone is 4. The number of Topliss-reactive ketones (excluding diaryl/α,β-unsaturated/α-hetero) is 3. The molecular weight excluding hydrogens is 554 g/mol. The van der Waals surface area contributed by atoms with E-state index in [0.29, 0.717) is 5.69 Å². The summed E-state index contributed by atoms with van der Waals surface area (Å²) in [6, 6.07) is 2.81. The number of fused-ring (bicyclic) bond motifs is 3. The highest BCUT2D eigenvalue weighted by Crippen LogP contribution is 2.57. The zero-order valence-corrected chi connectivity index (χ0v) is 22.8. The van der Waals surface area contributed by atoms with Gasteiger partial charge in [-0.2, -0.15) is 0 Å². The first-order valence-corrected chi connectivity index (χ1v) is 12.7. The van der Waals surface area contributed by atoms with Crippen LogP contribution in [0.5, 0.6) is 17.2 Å². The van der Waals surface area contributed by atoms with Crippen LogP contribution in [0.25, 0.3) is 0 Å². The van der Waals surface area contributed by atoms with Crippen LogP contribution in [-0.4, -0.2) is 48.3 Å². The number of phenolic OH excluding ortho intramolecular Hbond substituents is 2. The van der Waals surface area contributed by atoms with E-state index in [1.807, 2.05) is 0 Å². The van der Waals surface area contributed by atoms with Gasteiger partial charge in [0.2, 0.25) is 0 Å². The third-order valence-corrected chi connectivity index (χ3v) is 7.43. The zero-order valence-electron chi connectivity index (χ0n) is 22.8. The van der Waals surface area contributed by atoms with Gasteiger partial charge in [-0.1, -0.05) is 5.21 Å². The van der Waals surface area contributed by atoms with Crippen LogP contribution in [0.15, 0.2) is 47.5 Å². The van der Waals surface area contributed by atoms with Gasteiger partial charge in [-0.05, 0) is 45.9 Å². The highest BCUT2D eigenvalue weighted by molar-refractivity contribution is 6.31. The number of ketones is 4. The second-order valence-electron chi connectivity index (χ2n) is 10.2. The van der Waals surface area contributed by atoms with Gasteiger partial charge in [-0.15, -0.1) is 5.10 Å². The molecule has 13 heteroatoms. The van der Waals surface area contributed by atoms with Crippen LogP contribution in [0.1, 0.15) is 58.3 Å². The summed E-state index contributed by atoms with van der Waals surface area (Å²) in [6.07, 6.45) is 2.54. The third kappa shape index (κ3) is 4.33. The number of carbonyl (C=O) groups is 4. The van der Waals surface area contributed by atoms with Crippen molar-refractivity contribution >= 4 is 23.1 Å². The maximum Gasteiger partial charge on any atom is 0.194 e. The lowest BCUT2D eigenvalue weighted by Crippen LogP contribution is -2.41. The summed E-state index contributed by atoms with van der Waals surface area (Å²) in [7, 11) is 0. The Balaban J connectivity index is 1.39. The summed E-state index contributed by atoms with van der Waals surface area (Å²) in [4.78, 5) is 51.7. The zero-order chi connectivity index (χ0) is 30.7. The van der Waals surface area contributed by atoms with Crippen LogP contribution < -0.4 is 10.1 Å². The molecule has 42 heavy (non-hydrogen) atoms. The quantitative estimate of drug-likeness (QED) is 0.216. The van der Waals surface area contributed by atoms with Crippen molar-refractivity contribution in [1.29, 1.82) is 0 Å². The molecule has 0 radical (unpaired) electrons. The van der Waals surface area contributed by atoms with E-state index in [0.717, 1.165) is 24.3 Å². The number of ether oxygens (including phenoxy) is 1. The molecule has 2 heterocycles. The molecule has 2 aromatic carbocycles. The third-order valence-electron chi connectivity index (χ3n) is 7.43. The van der Waals surface area contributed by atoms with E-state index in [9.17, 15) is 38.2 Å². The molecule has 0 saturated heterocycles. The van der Waals surface area contributed by atoms with Gasteiger partial charge in [-0.3, -0.25) is 19.2 Å². The van der Waals surface area contributed by atoms with Crippen LogP contribution in [-0.2, 0) is 28.1 Å². The fourth-order valence-corrected chi connectivity index (χ4v) is 5.08. The van der Waals surface area contributed by atoms with Crippen LogP contribution in [0, 0.1) is 18.6 Å². The molecular formula is C29H24F2N4O7. The SMILES string of the molecule is CC(=O)c1c(O)c(C)c(O)c2c1OC1=CC(=O)/C(=C(/C)NCc3cn(CC(=O)c4ccc(F)c(F)c4)nn3)C(=O)C12C. The summed E-state index contributed by atoms with van der Waals surface area (Å²) in [5.74, 6) is -5.83. The minimum Gasteiger partial charge on any atom is -0.507 e. The molecule has 2 aliphatic rings. The largest absolute Gasteiger partial charge is 0.507 e. The van der Waals surface area contributed by atoms with Crippen molar-refractivity contribution in [1.82, 2.24) is 20.3 Å². The van der Waals surface area contributed by atoms with E-state index in [-0.39, 0.29) is 58.1 Å². The Labute approximate surface area is 237 Å². The molecule has 1 unspecified atom stereocenters. The Morgan fingerprint density at radius 1 is 1.12 bits per heavy atom. The molecule has 1 aromatic heterocycles. The van der Waals surface area contributed by atoms with Crippen molar-refractivity contribution in [2.24, 2.45) is 0 Å². The van der Waals surface area contributed by atoms with Gasteiger partial charge in [0.1, 0.15) is 46.2 Å². The number of hydrogen-bond donors (Lipinski definition) is 3. The minimum absolute atomic E-state index is 0.00233. The summed E-state index contributed by atoms with van der Waals surface area (Å²) < 4.78 is 33.6. The lowest BCUT2D eigenvalue weighted by Gasteiger charge is -2.29. The molecule has 0 fully saturated rings. The van der Waals surface area contributed by atoms with E-state index in [2.05, 4.69) is 15.6 Å². The Kier molecular flexibility index (Phi) is 6.76. The van der Waals surface area contributed by atoms with Gasteiger partial charge >= 0.3 is 0 Å². The van der Waals surface area contributed by atoms with E-state index in [4.69, 9.17) is 4.74 Å². The Morgan fingerprint density at radius 3 is 2.50 bits per heavy atom. The smallest absolute Gasteiger partial charge is 0.194 e. The number of phenols is 2. The molecule has 1 atom stereocenters. The monoisotopic (exact) mass is 578 g/mol. The van der Waals surface area contributed by atoms with Crippen molar-refractivity contribution in [3.05, 3.63) is 87.1 Å². The average molecular weight is 579 g/mol. The molecule has 5 rings (SSSR count).